The number of carbonyl (C=O) groups is 3. The van der Waals surface area contributed by atoms with Crippen molar-refractivity contribution in [2.45, 2.75) is 33.2 Å². The number of alkyl halides is 1. The van der Waals surface area contributed by atoms with Crippen LogP contribution >= 0.6 is 11.6 Å². The van der Waals surface area contributed by atoms with Gasteiger partial charge in [-0.15, -0.1) is 11.6 Å². The molecule has 0 saturated carbocycles. The first kappa shape index (κ1) is 16.7. The first-order valence-electron chi connectivity index (χ1n) is 5.74. The Morgan fingerprint density at radius 3 is 2.39 bits per heavy atom. The van der Waals surface area contributed by atoms with Crippen LogP contribution in [0.2, 0.25) is 0 Å². The molecule has 0 spiro atoms. The van der Waals surface area contributed by atoms with E-state index in [0.29, 0.717) is 0 Å². The molecule has 7 heteroatoms. The number of imide groups is 1. The van der Waals surface area contributed by atoms with Crippen LogP contribution in [0.4, 0.5) is 4.79 Å². The van der Waals surface area contributed by atoms with Gasteiger partial charge in [-0.3, -0.25) is 14.9 Å². The summed E-state index contributed by atoms with van der Waals surface area (Å²) in [7, 11) is 0. The molecule has 18 heavy (non-hydrogen) atoms. The van der Waals surface area contributed by atoms with Crippen LogP contribution in [-0.2, 0) is 14.3 Å². The van der Waals surface area contributed by atoms with E-state index in [1.807, 2.05) is 0 Å². The van der Waals surface area contributed by atoms with Crippen molar-refractivity contribution in [1.29, 1.82) is 0 Å². The second-order valence-electron chi connectivity index (χ2n) is 3.82. The van der Waals surface area contributed by atoms with E-state index in [1.54, 1.807) is 20.8 Å². The highest BCUT2D eigenvalue weighted by molar-refractivity contribution is 6.19. The average molecular weight is 279 g/mol. The predicted molar refractivity (Wildman–Crippen MR) is 67.4 cm³/mol. The number of rotatable bonds is 6. The van der Waals surface area contributed by atoms with Gasteiger partial charge in [0.05, 0.1) is 6.61 Å². The third-order valence-corrected chi connectivity index (χ3v) is 2.25. The van der Waals surface area contributed by atoms with Crippen molar-refractivity contribution in [3.63, 3.8) is 0 Å². The molecule has 0 heterocycles. The molecule has 0 saturated heterocycles. The number of carbonyl (C=O) groups excluding carboxylic acids is 3. The number of hydrogen-bond acceptors (Lipinski definition) is 4. The van der Waals surface area contributed by atoms with Crippen molar-refractivity contribution >= 4 is 29.5 Å². The van der Waals surface area contributed by atoms with Gasteiger partial charge >= 0.3 is 12.0 Å². The molecular weight excluding hydrogens is 260 g/mol. The second-order valence-corrected chi connectivity index (χ2v) is 4.20. The minimum Gasteiger partial charge on any atom is -0.465 e. The van der Waals surface area contributed by atoms with E-state index in [9.17, 15) is 14.4 Å². The fraction of sp³-hybridized carbons (Fsp3) is 0.727. The fourth-order valence-electron chi connectivity index (χ4n) is 1.17. The third-order valence-electron chi connectivity index (χ3n) is 2.06. The van der Waals surface area contributed by atoms with Crippen LogP contribution in [0.5, 0.6) is 0 Å². The molecule has 0 unspecified atom stereocenters. The van der Waals surface area contributed by atoms with E-state index in [1.165, 1.54) is 4.90 Å². The van der Waals surface area contributed by atoms with E-state index in [0.717, 1.165) is 0 Å². The van der Waals surface area contributed by atoms with Crippen molar-refractivity contribution in [2.24, 2.45) is 0 Å². The summed E-state index contributed by atoms with van der Waals surface area (Å²) in [5.41, 5.74) is 0. The van der Waals surface area contributed by atoms with Crippen molar-refractivity contribution in [3.8, 4) is 0 Å². The largest absolute Gasteiger partial charge is 0.465 e. The van der Waals surface area contributed by atoms with Gasteiger partial charge in [0.1, 0.15) is 6.54 Å². The van der Waals surface area contributed by atoms with E-state index in [4.69, 9.17) is 16.3 Å². The minimum atomic E-state index is -0.617. The maximum absolute atomic E-state index is 11.8. The summed E-state index contributed by atoms with van der Waals surface area (Å²) in [6, 6.07) is -0.841. The topological polar surface area (TPSA) is 75.7 Å². The molecule has 0 radical (unpaired) electrons. The second kappa shape index (κ2) is 8.74. The molecule has 1 N–H and O–H groups in total. The number of halogens is 1. The van der Waals surface area contributed by atoms with E-state index in [2.05, 4.69) is 5.32 Å². The Bertz CT molecular complexity index is 307. The summed E-state index contributed by atoms with van der Waals surface area (Å²) in [6.45, 7) is 5.22. The highest BCUT2D eigenvalue weighted by Crippen LogP contribution is 2.00. The maximum Gasteiger partial charge on any atom is 0.325 e. The van der Waals surface area contributed by atoms with Gasteiger partial charge < -0.3 is 9.64 Å². The number of amides is 3. The van der Waals surface area contributed by atoms with E-state index in [-0.39, 0.29) is 31.5 Å². The van der Waals surface area contributed by atoms with Gasteiger partial charge in [-0.25, -0.2) is 4.79 Å². The van der Waals surface area contributed by atoms with Crippen molar-refractivity contribution < 1.29 is 19.1 Å². The standard InChI is InChI=1S/C11H19ClN2O4/c1-4-18-10(16)7-14(8(2)3)11(17)13-9(15)5-6-12/h8H,4-7H2,1-3H3,(H,13,15,17). The lowest BCUT2D eigenvalue weighted by atomic mass is 10.3. The number of ether oxygens (including phenoxy) is 1. The molecule has 0 aromatic heterocycles. The van der Waals surface area contributed by atoms with Gasteiger partial charge in [0, 0.05) is 18.3 Å². The van der Waals surface area contributed by atoms with Gasteiger partial charge in [0.15, 0.2) is 0 Å². The van der Waals surface area contributed by atoms with Crippen LogP contribution in [0.1, 0.15) is 27.2 Å². The monoisotopic (exact) mass is 278 g/mol. The van der Waals surface area contributed by atoms with Crippen molar-refractivity contribution in [1.82, 2.24) is 10.2 Å². The van der Waals surface area contributed by atoms with Crippen LogP contribution in [0, 0.1) is 0 Å². The van der Waals surface area contributed by atoms with Crippen molar-refractivity contribution in [2.75, 3.05) is 19.0 Å². The van der Waals surface area contributed by atoms with Gasteiger partial charge in [0.2, 0.25) is 5.91 Å². The molecule has 0 aromatic carbocycles. The fourth-order valence-corrected chi connectivity index (χ4v) is 1.35. The molecule has 0 bridgehead atoms. The summed E-state index contributed by atoms with van der Waals surface area (Å²) >= 11 is 5.39. The molecule has 0 aliphatic carbocycles. The van der Waals surface area contributed by atoms with E-state index >= 15 is 0 Å². The lowest BCUT2D eigenvalue weighted by Gasteiger charge is -2.25. The van der Waals surface area contributed by atoms with Gasteiger partial charge in [-0.05, 0) is 20.8 Å². The molecule has 3 amide bonds. The quantitative estimate of drug-likeness (QED) is 0.584. The van der Waals surface area contributed by atoms with Gasteiger partial charge in [-0.2, -0.15) is 0 Å². The first-order valence-corrected chi connectivity index (χ1v) is 6.27. The van der Waals surface area contributed by atoms with Crippen LogP contribution in [0.3, 0.4) is 0 Å². The van der Waals surface area contributed by atoms with Gasteiger partial charge in [0.25, 0.3) is 0 Å². The average Bonchev–Trinajstić information content (AvgIpc) is 2.25. The van der Waals surface area contributed by atoms with Crippen LogP contribution in [-0.4, -0.2) is 47.9 Å². The zero-order chi connectivity index (χ0) is 14.1. The Balaban J connectivity index is 4.45. The number of nitrogens with zero attached hydrogens (tertiary/aromatic N) is 1. The first-order chi connectivity index (χ1) is 8.42. The SMILES string of the molecule is CCOC(=O)CN(C(=O)NC(=O)CCCl)C(C)C. The molecule has 6 nitrogen and oxygen atoms in total. The summed E-state index contributed by atoms with van der Waals surface area (Å²) < 4.78 is 4.76. The Kier molecular flexibility index (Phi) is 8.11. The Morgan fingerprint density at radius 1 is 1.33 bits per heavy atom. The predicted octanol–water partition coefficient (Wildman–Crippen LogP) is 1.12. The normalized spacial score (nSPS) is 10.1. The Hall–Kier alpha value is -1.30. The molecule has 0 aliphatic heterocycles. The lowest BCUT2D eigenvalue weighted by molar-refractivity contribution is -0.144. The van der Waals surface area contributed by atoms with Crippen LogP contribution < -0.4 is 5.32 Å². The highest BCUT2D eigenvalue weighted by Gasteiger charge is 2.22. The molecule has 0 atom stereocenters. The zero-order valence-electron chi connectivity index (χ0n) is 10.9. The number of esters is 1. The van der Waals surface area contributed by atoms with Crippen molar-refractivity contribution in [3.05, 3.63) is 0 Å². The number of urea groups is 1. The zero-order valence-corrected chi connectivity index (χ0v) is 11.6. The third kappa shape index (κ3) is 6.44. The molecule has 0 aromatic rings. The smallest absolute Gasteiger partial charge is 0.325 e. The highest BCUT2D eigenvalue weighted by atomic mass is 35.5. The summed E-state index contributed by atoms with van der Waals surface area (Å²) in [5, 5.41) is 2.17. The molecular formula is C11H19ClN2O4. The maximum atomic E-state index is 11.8. The number of nitrogens with one attached hydrogen (secondary N) is 1. The summed E-state index contributed by atoms with van der Waals surface area (Å²) in [5.74, 6) is -0.839. The van der Waals surface area contributed by atoms with Crippen LogP contribution in [0.25, 0.3) is 0 Å². The molecule has 0 rings (SSSR count). The summed E-state index contributed by atoms with van der Waals surface area (Å²) in [6.07, 6.45) is 0.0542. The molecule has 0 fully saturated rings. The van der Waals surface area contributed by atoms with E-state index < -0.39 is 17.9 Å². The minimum absolute atomic E-state index is 0.0542. The molecule has 0 aliphatic rings. The summed E-state index contributed by atoms with van der Waals surface area (Å²) in [4.78, 5) is 35.5. The lowest BCUT2D eigenvalue weighted by Crippen LogP contribution is -2.48. The number of hydrogen-bond donors (Lipinski definition) is 1. The van der Waals surface area contributed by atoms with Gasteiger partial charge in [-0.1, -0.05) is 0 Å². The molecule has 104 valence electrons. The van der Waals surface area contributed by atoms with Crippen LogP contribution in [0.15, 0.2) is 0 Å². The Labute approximate surface area is 112 Å². The Morgan fingerprint density at radius 2 is 1.94 bits per heavy atom.